The van der Waals surface area contributed by atoms with Gasteiger partial charge in [-0.2, -0.15) is 0 Å². The van der Waals surface area contributed by atoms with Gasteiger partial charge in [0.05, 0.1) is 29.9 Å². The summed E-state index contributed by atoms with van der Waals surface area (Å²) in [6.07, 6.45) is 6.76. The summed E-state index contributed by atoms with van der Waals surface area (Å²) in [6, 6.07) is 11.4. The number of rotatable bonds is 19. The Hall–Kier alpha value is 0.270. The molecule has 3 rings (SSSR count). The monoisotopic (exact) mass is 1850 g/mol. The molecular formula is C40H35I9O12. The second kappa shape index (κ2) is 33.7. The smallest absolute Gasteiger partial charge is 0.339 e. The number of halogens is 9. The number of hydrogen-bond donors (Lipinski definition) is 0. The van der Waals surface area contributed by atoms with Crippen LogP contribution in [0.15, 0.2) is 74.4 Å². The van der Waals surface area contributed by atoms with Crippen LogP contribution in [0.4, 0.5) is 0 Å². The quantitative estimate of drug-likeness (QED) is 0.0280. The predicted molar refractivity (Wildman–Crippen MR) is 307 cm³/mol. The molecule has 21 heteroatoms. The van der Waals surface area contributed by atoms with Gasteiger partial charge in [-0.3, -0.25) is 0 Å². The summed E-state index contributed by atoms with van der Waals surface area (Å²) in [5.74, 6) is -2.57. The first kappa shape index (κ1) is 59.3. The Morgan fingerprint density at radius 1 is 0.377 bits per heavy atom. The number of esters is 6. The molecule has 12 nitrogen and oxygen atoms in total. The van der Waals surface area contributed by atoms with Gasteiger partial charge in [-0.05, 0) is 265 Å². The standard InChI is InChI=1S/C16H17I3O4.2C12H9I3O4/c1-2-14(20)22-7-5-3-4-6-8-23-16(21)12-9-11(17)10-13(18)15(12)19;2*1-2-10(16)18-3-4-19-12(17)8-5-7(13)6-9(14)11(8)15/h2,9-10H,1,3-8H2;2*2,5-6H,1,3-4H2. The number of unbranched alkanes of at least 4 members (excludes halogenated alkanes) is 3. The number of hydrogen-bond acceptors (Lipinski definition) is 12. The zero-order chi connectivity index (χ0) is 46.1. The van der Waals surface area contributed by atoms with Crippen LogP contribution >= 0.6 is 203 Å². The van der Waals surface area contributed by atoms with Crippen LogP contribution < -0.4 is 0 Å². The Morgan fingerprint density at radius 3 is 0.918 bits per heavy atom. The van der Waals surface area contributed by atoms with E-state index in [2.05, 4.69) is 223 Å². The fourth-order valence-electron chi connectivity index (χ4n) is 3.97. The molecule has 0 radical (unpaired) electrons. The van der Waals surface area contributed by atoms with Gasteiger partial charge in [-0.25, -0.2) is 28.8 Å². The minimum atomic E-state index is -0.533. The lowest BCUT2D eigenvalue weighted by Gasteiger charge is -2.08. The van der Waals surface area contributed by atoms with E-state index in [0.717, 1.165) is 76.0 Å². The van der Waals surface area contributed by atoms with Crippen LogP contribution in [0.25, 0.3) is 0 Å². The Bertz CT molecular complexity index is 1960. The summed E-state index contributed by atoms with van der Waals surface area (Å²) in [7, 11) is 0. The maximum atomic E-state index is 12.1. The minimum Gasteiger partial charge on any atom is -0.463 e. The average molecular weight is 1850 g/mol. The summed E-state index contributed by atoms with van der Waals surface area (Å²) in [5, 5.41) is 0. The molecule has 0 saturated heterocycles. The third-order valence-electron chi connectivity index (χ3n) is 6.78. The molecule has 0 amide bonds. The van der Waals surface area contributed by atoms with Gasteiger partial charge in [0.1, 0.15) is 26.4 Å². The zero-order valence-corrected chi connectivity index (χ0v) is 51.1. The molecule has 0 fully saturated rings. The number of carbonyl (C=O) groups is 6. The van der Waals surface area contributed by atoms with Crippen molar-refractivity contribution in [2.75, 3.05) is 39.6 Å². The highest BCUT2D eigenvalue weighted by atomic mass is 127. The molecule has 0 bridgehead atoms. The molecule has 0 N–H and O–H groups in total. The van der Waals surface area contributed by atoms with Crippen LogP contribution in [-0.2, 0) is 42.8 Å². The molecular weight excluding hydrogens is 1810 g/mol. The van der Waals surface area contributed by atoms with E-state index >= 15 is 0 Å². The maximum absolute atomic E-state index is 12.1. The van der Waals surface area contributed by atoms with E-state index in [9.17, 15) is 28.8 Å². The maximum Gasteiger partial charge on any atom is 0.339 e. The molecule has 0 aliphatic rings. The molecule has 330 valence electrons. The van der Waals surface area contributed by atoms with Crippen LogP contribution in [0.3, 0.4) is 0 Å². The summed E-state index contributed by atoms with van der Waals surface area (Å²) >= 11 is 19.4. The van der Waals surface area contributed by atoms with Crippen LogP contribution in [0, 0.1) is 32.1 Å². The van der Waals surface area contributed by atoms with Gasteiger partial charge in [0.2, 0.25) is 0 Å². The van der Waals surface area contributed by atoms with E-state index in [1.807, 2.05) is 24.3 Å². The number of benzene rings is 3. The van der Waals surface area contributed by atoms with Crippen molar-refractivity contribution in [1.29, 1.82) is 0 Å². The molecule has 0 spiro atoms. The van der Waals surface area contributed by atoms with Crippen LogP contribution in [0.2, 0.25) is 0 Å². The summed E-state index contributed by atoms with van der Waals surface area (Å²) in [4.78, 5) is 68.3. The average Bonchev–Trinajstić information content (AvgIpc) is 3.22. The minimum absolute atomic E-state index is 0.0220. The molecule has 3 aromatic carbocycles. The molecule has 61 heavy (non-hydrogen) atoms. The third-order valence-corrected chi connectivity index (χ3v) is 17.8. The molecule has 0 atom stereocenters. The lowest BCUT2D eigenvalue weighted by atomic mass is 10.2. The van der Waals surface area contributed by atoms with Crippen LogP contribution in [-0.4, -0.2) is 75.5 Å². The fraction of sp³-hybridized carbons (Fsp3) is 0.250. The highest BCUT2D eigenvalue weighted by molar-refractivity contribution is 14.1. The van der Waals surface area contributed by atoms with Gasteiger partial charge in [0.15, 0.2) is 0 Å². The number of ether oxygens (including phenoxy) is 6. The van der Waals surface area contributed by atoms with Gasteiger partial charge < -0.3 is 28.4 Å². The van der Waals surface area contributed by atoms with Crippen molar-refractivity contribution in [2.24, 2.45) is 0 Å². The van der Waals surface area contributed by atoms with Crippen molar-refractivity contribution in [2.45, 2.75) is 25.7 Å². The van der Waals surface area contributed by atoms with Gasteiger partial charge in [-0.1, -0.05) is 19.7 Å². The fourth-order valence-corrected chi connectivity index (χ4v) is 11.1. The Labute approximate surface area is 477 Å². The van der Waals surface area contributed by atoms with E-state index in [0.29, 0.717) is 29.9 Å². The van der Waals surface area contributed by atoms with Crippen molar-refractivity contribution in [3.05, 3.63) is 123 Å². The SMILES string of the molecule is C=CC(=O)OCCCCCCOC(=O)c1cc(I)cc(I)c1I.C=CC(=O)OCCOC(=O)c1cc(I)cc(I)c1I.C=CC(=O)OCCOC(=O)c1cc(I)cc(I)c1I. The van der Waals surface area contributed by atoms with Gasteiger partial charge >= 0.3 is 35.8 Å². The molecule has 0 saturated carbocycles. The first-order chi connectivity index (χ1) is 28.9. The molecule has 0 aromatic heterocycles. The second-order valence-electron chi connectivity index (χ2n) is 11.2. The Kier molecular flexibility index (Phi) is 32.7. The van der Waals surface area contributed by atoms with E-state index < -0.39 is 23.9 Å². The third kappa shape index (κ3) is 24.6. The van der Waals surface area contributed by atoms with E-state index in [-0.39, 0.29) is 38.4 Å². The molecule has 0 heterocycles. The molecule has 3 aromatic rings. The van der Waals surface area contributed by atoms with Crippen molar-refractivity contribution in [3.8, 4) is 0 Å². The summed E-state index contributed by atoms with van der Waals surface area (Å²) in [6.45, 7) is 10.8. The van der Waals surface area contributed by atoms with E-state index in [1.165, 1.54) is 0 Å². The summed E-state index contributed by atoms with van der Waals surface area (Å²) in [5.41, 5.74) is 1.66. The van der Waals surface area contributed by atoms with Crippen LogP contribution in [0.5, 0.6) is 0 Å². The van der Waals surface area contributed by atoms with E-state index in [4.69, 9.17) is 28.4 Å². The second-order valence-corrected chi connectivity index (χ2v) is 21.6. The highest BCUT2D eigenvalue weighted by Gasteiger charge is 2.17. The Balaban J connectivity index is 0.000000461. The molecule has 0 unspecified atom stereocenters. The van der Waals surface area contributed by atoms with Gasteiger partial charge in [0.25, 0.3) is 0 Å². The first-order valence-electron chi connectivity index (χ1n) is 17.2. The highest BCUT2D eigenvalue weighted by Crippen LogP contribution is 2.26. The van der Waals surface area contributed by atoms with Crippen molar-refractivity contribution in [1.82, 2.24) is 0 Å². The van der Waals surface area contributed by atoms with Crippen molar-refractivity contribution >= 4 is 239 Å². The number of carbonyl (C=O) groups excluding carboxylic acids is 6. The predicted octanol–water partition coefficient (Wildman–Crippen LogP) is 11.7. The van der Waals surface area contributed by atoms with Crippen molar-refractivity contribution < 1.29 is 57.2 Å². The van der Waals surface area contributed by atoms with Gasteiger partial charge in [-0.15, -0.1) is 0 Å². The Morgan fingerprint density at radius 2 is 0.623 bits per heavy atom. The zero-order valence-electron chi connectivity index (χ0n) is 31.7. The van der Waals surface area contributed by atoms with Gasteiger partial charge in [0, 0.05) is 50.4 Å². The van der Waals surface area contributed by atoms with Crippen LogP contribution in [0.1, 0.15) is 56.8 Å². The first-order valence-corrected chi connectivity index (χ1v) is 26.9. The molecule has 0 aliphatic carbocycles. The lowest BCUT2D eigenvalue weighted by molar-refractivity contribution is -0.139. The largest absolute Gasteiger partial charge is 0.463 e. The summed E-state index contributed by atoms with van der Waals surface area (Å²) < 4.78 is 38.4. The molecule has 0 aliphatic heterocycles. The normalized spacial score (nSPS) is 9.98. The van der Waals surface area contributed by atoms with Crippen molar-refractivity contribution in [3.63, 3.8) is 0 Å². The topological polar surface area (TPSA) is 158 Å². The lowest BCUT2D eigenvalue weighted by Crippen LogP contribution is -2.14. The van der Waals surface area contributed by atoms with E-state index in [1.54, 1.807) is 12.1 Å².